The number of nitrogens with one attached hydrogen (secondary N) is 1. The molecule has 2 N–H and O–H groups in total. The van der Waals surface area contributed by atoms with Gasteiger partial charge in [0.2, 0.25) is 0 Å². The Bertz CT molecular complexity index is 702. The van der Waals surface area contributed by atoms with Crippen molar-refractivity contribution in [2.75, 3.05) is 12.4 Å². The van der Waals surface area contributed by atoms with Gasteiger partial charge in [-0.1, -0.05) is 0 Å². The summed E-state index contributed by atoms with van der Waals surface area (Å²) < 4.78 is 4.87. The van der Waals surface area contributed by atoms with Gasteiger partial charge in [-0.25, -0.2) is 0 Å². The summed E-state index contributed by atoms with van der Waals surface area (Å²) in [4.78, 5) is 25.9. The second kappa shape index (κ2) is 5.87. The van der Waals surface area contributed by atoms with E-state index in [0.29, 0.717) is 0 Å². The van der Waals surface area contributed by atoms with Crippen molar-refractivity contribution < 1.29 is 19.6 Å². The number of nitro groups is 1. The summed E-state index contributed by atoms with van der Waals surface area (Å²) in [7, 11) is 1.32. The number of aromatic nitrogens is 1. The molecule has 1 aromatic heterocycles. The molecular weight excluding hydrogens is 278 g/mol. The highest BCUT2D eigenvalue weighted by molar-refractivity contribution is 6.04. The number of benzene rings is 1. The molecule has 0 aliphatic rings. The fourth-order valence-electron chi connectivity index (χ4n) is 1.67. The van der Waals surface area contributed by atoms with E-state index < -0.39 is 10.8 Å². The lowest BCUT2D eigenvalue weighted by atomic mass is 10.2. The van der Waals surface area contributed by atoms with E-state index in [0.717, 1.165) is 0 Å². The minimum absolute atomic E-state index is 0.0945. The number of nitro benzene ring substituents is 1. The van der Waals surface area contributed by atoms with Crippen LogP contribution in [0.5, 0.6) is 11.5 Å². The van der Waals surface area contributed by atoms with E-state index in [1.165, 1.54) is 43.8 Å². The first-order valence-electron chi connectivity index (χ1n) is 5.79. The number of ether oxygens (including phenoxy) is 1. The quantitative estimate of drug-likeness (QED) is 0.656. The van der Waals surface area contributed by atoms with Crippen molar-refractivity contribution in [1.29, 1.82) is 0 Å². The number of pyridine rings is 1. The van der Waals surface area contributed by atoms with Crippen LogP contribution < -0.4 is 10.1 Å². The van der Waals surface area contributed by atoms with Gasteiger partial charge in [-0.2, -0.15) is 0 Å². The molecule has 2 rings (SSSR count). The maximum atomic E-state index is 11.9. The lowest BCUT2D eigenvalue weighted by Crippen LogP contribution is -2.12. The first kappa shape index (κ1) is 14.3. The zero-order valence-electron chi connectivity index (χ0n) is 10.9. The maximum Gasteiger partial charge on any atom is 0.312 e. The number of nitrogens with zero attached hydrogens (tertiary/aromatic N) is 2. The molecule has 1 aromatic carbocycles. The highest BCUT2D eigenvalue weighted by atomic mass is 16.6. The molecular formula is C13H11N3O5. The molecule has 8 nitrogen and oxygen atoms in total. The van der Waals surface area contributed by atoms with Crippen LogP contribution in [0.3, 0.4) is 0 Å². The van der Waals surface area contributed by atoms with Crippen molar-refractivity contribution in [1.82, 2.24) is 4.98 Å². The average molecular weight is 289 g/mol. The molecule has 0 aliphatic heterocycles. The molecule has 0 fully saturated rings. The Morgan fingerprint density at radius 3 is 2.76 bits per heavy atom. The van der Waals surface area contributed by atoms with Crippen LogP contribution in [0.2, 0.25) is 0 Å². The third kappa shape index (κ3) is 3.24. The molecule has 2 aromatic rings. The van der Waals surface area contributed by atoms with E-state index in [4.69, 9.17) is 4.74 Å². The molecule has 0 aliphatic carbocycles. The zero-order valence-corrected chi connectivity index (χ0v) is 10.9. The molecule has 0 bridgehead atoms. The van der Waals surface area contributed by atoms with Gasteiger partial charge in [0.25, 0.3) is 5.91 Å². The maximum absolute atomic E-state index is 11.9. The Morgan fingerprint density at radius 2 is 2.14 bits per heavy atom. The minimum atomic E-state index is -0.607. The SMILES string of the molecule is COc1ccc(NC(=O)c2cncc(O)c2)cc1[N+](=O)[O-]. The number of anilines is 1. The average Bonchev–Trinajstić information content (AvgIpc) is 2.47. The smallest absolute Gasteiger partial charge is 0.312 e. The summed E-state index contributed by atoms with van der Waals surface area (Å²) in [5, 5.41) is 22.6. The first-order valence-corrected chi connectivity index (χ1v) is 5.79. The second-order valence-corrected chi connectivity index (χ2v) is 4.03. The summed E-state index contributed by atoms with van der Waals surface area (Å²) in [5.74, 6) is -0.599. The molecule has 21 heavy (non-hydrogen) atoms. The molecule has 1 amide bonds. The monoisotopic (exact) mass is 289 g/mol. The van der Waals surface area contributed by atoms with E-state index in [-0.39, 0.29) is 28.4 Å². The molecule has 0 saturated carbocycles. The molecule has 0 radical (unpaired) electrons. The number of aromatic hydroxyl groups is 1. The topological polar surface area (TPSA) is 115 Å². The number of methoxy groups -OCH3 is 1. The van der Waals surface area contributed by atoms with Crippen LogP contribution in [0.15, 0.2) is 36.7 Å². The normalized spacial score (nSPS) is 9.95. The van der Waals surface area contributed by atoms with Gasteiger partial charge in [-0.15, -0.1) is 0 Å². The van der Waals surface area contributed by atoms with Crippen molar-refractivity contribution in [3.05, 3.63) is 52.3 Å². The van der Waals surface area contributed by atoms with Crippen molar-refractivity contribution in [2.45, 2.75) is 0 Å². The van der Waals surface area contributed by atoms with Crippen molar-refractivity contribution >= 4 is 17.3 Å². The van der Waals surface area contributed by atoms with Crippen LogP contribution in [0.25, 0.3) is 0 Å². The van der Waals surface area contributed by atoms with E-state index >= 15 is 0 Å². The van der Waals surface area contributed by atoms with Crippen LogP contribution in [-0.2, 0) is 0 Å². The van der Waals surface area contributed by atoms with Crippen LogP contribution in [-0.4, -0.2) is 28.0 Å². The Kier molecular flexibility index (Phi) is 3.98. The fourth-order valence-corrected chi connectivity index (χ4v) is 1.67. The lowest BCUT2D eigenvalue weighted by molar-refractivity contribution is -0.385. The van der Waals surface area contributed by atoms with Crippen molar-refractivity contribution in [3.63, 3.8) is 0 Å². The summed E-state index contributed by atoms with van der Waals surface area (Å²) >= 11 is 0. The van der Waals surface area contributed by atoms with E-state index in [1.807, 2.05) is 0 Å². The second-order valence-electron chi connectivity index (χ2n) is 4.03. The number of carbonyl (C=O) groups is 1. The number of amides is 1. The van der Waals surface area contributed by atoms with Gasteiger partial charge in [0.1, 0.15) is 5.75 Å². The van der Waals surface area contributed by atoms with Gasteiger partial charge in [-0.05, 0) is 18.2 Å². The van der Waals surface area contributed by atoms with Crippen LogP contribution in [0, 0.1) is 10.1 Å². The standard InChI is InChI=1S/C13H11N3O5/c1-21-12-3-2-9(5-11(12)16(19)20)15-13(18)8-4-10(17)7-14-6-8/h2-7,17H,1H3,(H,15,18). The zero-order chi connectivity index (χ0) is 15.4. The highest BCUT2D eigenvalue weighted by Gasteiger charge is 2.16. The highest BCUT2D eigenvalue weighted by Crippen LogP contribution is 2.29. The molecule has 0 saturated heterocycles. The third-order valence-electron chi connectivity index (χ3n) is 2.62. The summed E-state index contributed by atoms with van der Waals surface area (Å²) in [6.07, 6.45) is 2.46. The predicted octanol–water partition coefficient (Wildman–Crippen LogP) is 1.96. The molecule has 8 heteroatoms. The van der Waals surface area contributed by atoms with Crippen LogP contribution in [0.4, 0.5) is 11.4 Å². The minimum Gasteiger partial charge on any atom is -0.506 e. The Balaban J connectivity index is 2.25. The van der Waals surface area contributed by atoms with Crippen molar-refractivity contribution in [2.24, 2.45) is 0 Å². The lowest BCUT2D eigenvalue weighted by Gasteiger charge is -2.07. The Labute approximate surface area is 119 Å². The van der Waals surface area contributed by atoms with Crippen LogP contribution >= 0.6 is 0 Å². The summed E-state index contributed by atoms with van der Waals surface area (Å²) in [6, 6.07) is 5.28. The van der Waals surface area contributed by atoms with E-state index in [2.05, 4.69) is 10.3 Å². The molecule has 0 atom stereocenters. The van der Waals surface area contributed by atoms with E-state index in [1.54, 1.807) is 0 Å². The van der Waals surface area contributed by atoms with E-state index in [9.17, 15) is 20.0 Å². The van der Waals surface area contributed by atoms with Gasteiger partial charge >= 0.3 is 5.69 Å². The number of carbonyl (C=O) groups excluding carboxylic acids is 1. The first-order chi connectivity index (χ1) is 10.0. The number of hydrogen-bond donors (Lipinski definition) is 2. The van der Waals surface area contributed by atoms with Gasteiger partial charge in [0.15, 0.2) is 5.75 Å². The van der Waals surface area contributed by atoms with Gasteiger partial charge in [0.05, 0.1) is 23.8 Å². The Hall–Kier alpha value is -3.16. The fraction of sp³-hybridized carbons (Fsp3) is 0.0769. The van der Waals surface area contributed by atoms with Crippen molar-refractivity contribution in [3.8, 4) is 11.5 Å². The van der Waals surface area contributed by atoms with Gasteiger partial charge < -0.3 is 15.2 Å². The molecule has 0 unspecified atom stereocenters. The Morgan fingerprint density at radius 1 is 1.38 bits per heavy atom. The summed E-state index contributed by atoms with van der Waals surface area (Å²) in [6.45, 7) is 0. The van der Waals surface area contributed by atoms with Gasteiger partial charge in [-0.3, -0.25) is 19.9 Å². The molecule has 1 heterocycles. The number of rotatable bonds is 4. The predicted molar refractivity (Wildman–Crippen MR) is 73.5 cm³/mol. The molecule has 108 valence electrons. The van der Waals surface area contributed by atoms with Gasteiger partial charge in [0, 0.05) is 18.0 Å². The largest absolute Gasteiger partial charge is 0.506 e. The molecule has 0 spiro atoms. The third-order valence-corrected chi connectivity index (χ3v) is 2.62. The van der Waals surface area contributed by atoms with Crippen LogP contribution in [0.1, 0.15) is 10.4 Å². The number of hydrogen-bond acceptors (Lipinski definition) is 6. The summed E-state index contributed by atoms with van der Waals surface area (Å²) in [5.41, 5.74) is 0.105.